The maximum Gasteiger partial charge on any atom is 0.251 e. The lowest BCUT2D eigenvalue weighted by molar-refractivity contribution is -0.122. The quantitative estimate of drug-likeness (QED) is 0.523. The van der Waals surface area contributed by atoms with Crippen LogP contribution >= 0.6 is 0 Å². The van der Waals surface area contributed by atoms with E-state index in [0.29, 0.717) is 0 Å². The maximum absolute atomic E-state index is 12.6. The Hall–Kier alpha value is -0.710. The molecule has 1 fully saturated rings. The minimum Gasteiger partial charge on any atom is -0.355 e. The number of amides is 1. The van der Waals surface area contributed by atoms with Gasteiger partial charge in [-0.2, -0.15) is 0 Å². The lowest BCUT2D eigenvalue weighted by Crippen LogP contribution is -2.39. The van der Waals surface area contributed by atoms with Gasteiger partial charge in [-0.15, -0.1) is 0 Å². The van der Waals surface area contributed by atoms with Crippen LogP contribution in [0.3, 0.4) is 0 Å². The number of nitrogens with two attached hydrogens (primary N) is 1. The molecule has 1 saturated heterocycles. The minimum atomic E-state index is -2.79. The predicted molar refractivity (Wildman–Crippen MR) is 35.2 cm³/mol. The second kappa shape index (κ2) is 2.73. The van der Waals surface area contributed by atoms with Gasteiger partial charge in [0.15, 0.2) is 0 Å². The van der Waals surface area contributed by atoms with Crippen molar-refractivity contribution < 1.29 is 13.6 Å². The van der Waals surface area contributed by atoms with Crippen molar-refractivity contribution in [3.8, 4) is 0 Å². The molecule has 11 heavy (non-hydrogen) atoms. The van der Waals surface area contributed by atoms with Crippen molar-refractivity contribution in [1.82, 2.24) is 5.32 Å². The van der Waals surface area contributed by atoms with Gasteiger partial charge in [-0.1, -0.05) is 0 Å². The molecule has 0 bridgehead atoms. The van der Waals surface area contributed by atoms with Gasteiger partial charge in [-0.25, -0.2) is 8.78 Å². The standard InChI is InChI=1S/C6H10F2N2O/c7-6(8)1-2-10-5(11)4(9)3-6/h4H,1-3,9H2,(H,10,11)/t4-/m1/s1. The summed E-state index contributed by atoms with van der Waals surface area (Å²) in [5.41, 5.74) is 5.16. The average molecular weight is 164 g/mol. The Labute approximate surface area is 62.9 Å². The molecule has 0 unspecified atom stereocenters. The Morgan fingerprint density at radius 3 is 2.91 bits per heavy atom. The number of hydrogen-bond donors (Lipinski definition) is 2. The summed E-state index contributed by atoms with van der Waals surface area (Å²) < 4.78 is 25.2. The molecule has 3 N–H and O–H groups in total. The van der Waals surface area contributed by atoms with Crippen LogP contribution in [0.1, 0.15) is 12.8 Å². The van der Waals surface area contributed by atoms with E-state index in [0.717, 1.165) is 0 Å². The van der Waals surface area contributed by atoms with Crippen LogP contribution in [0.25, 0.3) is 0 Å². The summed E-state index contributed by atoms with van der Waals surface area (Å²) in [4.78, 5) is 10.7. The third kappa shape index (κ3) is 2.11. The molecule has 1 amide bonds. The van der Waals surface area contributed by atoms with Crippen LogP contribution in [0.5, 0.6) is 0 Å². The summed E-state index contributed by atoms with van der Waals surface area (Å²) in [5, 5.41) is 2.31. The van der Waals surface area contributed by atoms with E-state index in [-0.39, 0.29) is 13.0 Å². The Balaban J connectivity index is 2.63. The first-order valence-electron chi connectivity index (χ1n) is 3.42. The molecule has 5 heteroatoms. The highest BCUT2D eigenvalue weighted by molar-refractivity contribution is 5.81. The van der Waals surface area contributed by atoms with Crippen molar-refractivity contribution in [2.45, 2.75) is 24.8 Å². The van der Waals surface area contributed by atoms with Gasteiger partial charge in [0, 0.05) is 19.4 Å². The summed E-state index contributed by atoms with van der Waals surface area (Å²) in [6, 6.07) is -1.06. The summed E-state index contributed by atoms with van der Waals surface area (Å²) in [6.07, 6.45) is -0.856. The summed E-state index contributed by atoms with van der Waals surface area (Å²) in [7, 11) is 0. The lowest BCUT2D eigenvalue weighted by atomic mass is 10.1. The fourth-order valence-electron chi connectivity index (χ4n) is 1.02. The average Bonchev–Trinajstić information content (AvgIpc) is 1.93. The van der Waals surface area contributed by atoms with Gasteiger partial charge in [0.1, 0.15) is 0 Å². The van der Waals surface area contributed by atoms with Gasteiger partial charge >= 0.3 is 0 Å². The fraction of sp³-hybridized carbons (Fsp3) is 0.833. The number of carbonyl (C=O) groups excluding carboxylic acids is 1. The molecular formula is C6H10F2N2O. The molecule has 1 heterocycles. The van der Waals surface area contributed by atoms with Crippen molar-refractivity contribution in [1.29, 1.82) is 0 Å². The van der Waals surface area contributed by atoms with E-state index in [4.69, 9.17) is 5.73 Å². The number of alkyl halides is 2. The van der Waals surface area contributed by atoms with Gasteiger partial charge in [0.05, 0.1) is 6.04 Å². The zero-order chi connectivity index (χ0) is 8.48. The van der Waals surface area contributed by atoms with Crippen molar-refractivity contribution in [2.24, 2.45) is 5.73 Å². The molecule has 0 aromatic rings. The third-order valence-corrected chi connectivity index (χ3v) is 1.65. The first kappa shape index (κ1) is 8.39. The number of hydrogen-bond acceptors (Lipinski definition) is 2. The Morgan fingerprint density at radius 1 is 1.64 bits per heavy atom. The number of rotatable bonds is 0. The van der Waals surface area contributed by atoms with E-state index < -0.39 is 24.3 Å². The van der Waals surface area contributed by atoms with Crippen molar-refractivity contribution in [3.05, 3.63) is 0 Å². The second-order valence-corrected chi connectivity index (χ2v) is 2.71. The number of halogens is 2. The molecule has 1 aliphatic rings. The summed E-state index contributed by atoms with van der Waals surface area (Å²) in [6.45, 7) is 0.0134. The molecule has 0 spiro atoms. The SMILES string of the molecule is N[C@@H]1CC(F)(F)CCNC1=O. The van der Waals surface area contributed by atoms with Crippen molar-refractivity contribution in [2.75, 3.05) is 6.54 Å². The van der Waals surface area contributed by atoms with Crippen LogP contribution < -0.4 is 11.1 Å². The molecule has 0 aromatic carbocycles. The highest BCUT2D eigenvalue weighted by Gasteiger charge is 2.36. The number of carbonyl (C=O) groups is 1. The first-order valence-corrected chi connectivity index (χ1v) is 3.42. The molecule has 0 radical (unpaired) electrons. The van der Waals surface area contributed by atoms with Crippen LogP contribution in [0.4, 0.5) is 8.78 Å². The van der Waals surface area contributed by atoms with E-state index >= 15 is 0 Å². The highest BCUT2D eigenvalue weighted by atomic mass is 19.3. The van der Waals surface area contributed by atoms with E-state index in [1.807, 2.05) is 0 Å². The maximum atomic E-state index is 12.6. The van der Waals surface area contributed by atoms with E-state index in [1.165, 1.54) is 0 Å². The van der Waals surface area contributed by atoms with Crippen LogP contribution in [0.2, 0.25) is 0 Å². The molecule has 0 aromatic heterocycles. The van der Waals surface area contributed by atoms with Crippen LogP contribution in [0, 0.1) is 0 Å². The lowest BCUT2D eigenvalue weighted by Gasteiger charge is -2.13. The fourth-order valence-corrected chi connectivity index (χ4v) is 1.02. The van der Waals surface area contributed by atoms with E-state index in [1.54, 1.807) is 0 Å². The van der Waals surface area contributed by atoms with Crippen LogP contribution in [-0.4, -0.2) is 24.4 Å². The van der Waals surface area contributed by atoms with E-state index in [2.05, 4.69) is 5.32 Å². The Kier molecular flexibility index (Phi) is 2.08. The van der Waals surface area contributed by atoms with Gasteiger partial charge in [0.2, 0.25) is 5.91 Å². The Bertz CT molecular complexity index is 172. The zero-order valence-corrected chi connectivity index (χ0v) is 5.94. The monoisotopic (exact) mass is 164 g/mol. The highest BCUT2D eigenvalue weighted by Crippen LogP contribution is 2.25. The van der Waals surface area contributed by atoms with Gasteiger partial charge < -0.3 is 11.1 Å². The van der Waals surface area contributed by atoms with Gasteiger partial charge in [-0.05, 0) is 0 Å². The summed E-state index contributed by atoms with van der Waals surface area (Å²) >= 11 is 0. The van der Waals surface area contributed by atoms with Crippen molar-refractivity contribution in [3.63, 3.8) is 0 Å². The number of nitrogens with one attached hydrogen (secondary N) is 1. The molecule has 0 aliphatic carbocycles. The normalized spacial score (nSPS) is 30.8. The van der Waals surface area contributed by atoms with Crippen molar-refractivity contribution >= 4 is 5.91 Å². The van der Waals surface area contributed by atoms with Gasteiger partial charge in [-0.3, -0.25) is 4.79 Å². The molecule has 1 aliphatic heterocycles. The minimum absolute atomic E-state index is 0.0134. The molecule has 0 saturated carbocycles. The van der Waals surface area contributed by atoms with Crippen LogP contribution in [-0.2, 0) is 4.79 Å². The molecular weight excluding hydrogens is 154 g/mol. The Morgan fingerprint density at radius 2 is 2.27 bits per heavy atom. The predicted octanol–water partition coefficient (Wildman–Crippen LogP) is -0.141. The van der Waals surface area contributed by atoms with Crippen LogP contribution in [0.15, 0.2) is 0 Å². The first-order chi connectivity index (χ1) is 5.01. The van der Waals surface area contributed by atoms with Gasteiger partial charge in [0.25, 0.3) is 5.92 Å². The van der Waals surface area contributed by atoms with E-state index in [9.17, 15) is 13.6 Å². The molecule has 1 rings (SSSR count). The largest absolute Gasteiger partial charge is 0.355 e. The molecule has 3 nitrogen and oxygen atoms in total. The topological polar surface area (TPSA) is 55.1 Å². The molecule has 1 atom stereocenters. The zero-order valence-electron chi connectivity index (χ0n) is 5.94. The third-order valence-electron chi connectivity index (χ3n) is 1.65. The smallest absolute Gasteiger partial charge is 0.251 e. The summed E-state index contributed by atoms with van der Waals surface area (Å²) in [5.74, 6) is -3.28. The second-order valence-electron chi connectivity index (χ2n) is 2.71. The molecule has 64 valence electrons.